The zero-order valence-corrected chi connectivity index (χ0v) is 11.0. The number of benzene rings is 1. The zero-order chi connectivity index (χ0) is 12.5. The first-order valence-electron chi connectivity index (χ1n) is 5.89. The minimum atomic E-state index is -3.14. The summed E-state index contributed by atoms with van der Waals surface area (Å²) < 4.78 is 29.1. The first kappa shape index (κ1) is 12.6. The van der Waals surface area contributed by atoms with E-state index in [1.165, 1.54) is 0 Å². The highest BCUT2D eigenvalue weighted by molar-refractivity contribution is 7.91. The lowest BCUT2D eigenvalue weighted by Gasteiger charge is -2.25. The molecule has 17 heavy (non-hydrogen) atoms. The van der Waals surface area contributed by atoms with Gasteiger partial charge >= 0.3 is 0 Å². The highest BCUT2D eigenvalue weighted by Crippen LogP contribution is 2.21. The molecule has 0 saturated carbocycles. The van der Waals surface area contributed by atoms with E-state index >= 15 is 0 Å². The molecule has 1 aromatic carbocycles. The number of sulfone groups is 1. The van der Waals surface area contributed by atoms with Gasteiger partial charge in [0.05, 0.1) is 23.9 Å². The first-order chi connectivity index (χ1) is 7.99. The van der Waals surface area contributed by atoms with Gasteiger partial charge < -0.3 is 4.74 Å². The molecule has 4 heteroatoms. The van der Waals surface area contributed by atoms with Gasteiger partial charge in [-0.2, -0.15) is 0 Å². The van der Waals surface area contributed by atoms with Gasteiger partial charge in [-0.1, -0.05) is 26.0 Å². The summed E-state index contributed by atoms with van der Waals surface area (Å²) in [5.41, 5.74) is 1.16. The molecule has 0 amide bonds. The summed E-state index contributed by atoms with van der Waals surface area (Å²) in [7, 11) is -3.14. The van der Waals surface area contributed by atoms with Crippen LogP contribution in [-0.4, -0.2) is 27.4 Å². The standard InChI is InChI=1S/C13H18O3S/c1-10(2)12-3-5-13(6-4-12)17(14,15)9-11-7-16-8-11/h3-6,10-11H,7-9H2,1-2H3. The average molecular weight is 254 g/mol. The van der Waals surface area contributed by atoms with Gasteiger partial charge in [-0.25, -0.2) is 8.42 Å². The quantitative estimate of drug-likeness (QED) is 0.827. The Morgan fingerprint density at radius 3 is 2.24 bits per heavy atom. The lowest BCUT2D eigenvalue weighted by atomic mass is 10.0. The van der Waals surface area contributed by atoms with Crippen molar-refractivity contribution in [1.82, 2.24) is 0 Å². The van der Waals surface area contributed by atoms with E-state index < -0.39 is 9.84 Å². The van der Waals surface area contributed by atoms with Crippen LogP contribution in [0.4, 0.5) is 0 Å². The van der Waals surface area contributed by atoms with E-state index in [0.29, 0.717) is 24.0 Å². The van der Waals surface area contributed by atoms with Crippen LogP contribution in [0.15, 0.2) is 29.2 Å². The Kier molecular flexibility index (Phi) is 3.54. The zero-order valence-electron chi connectivity index (χ0n) is 10.2. The molecule has 0 N–H and O–H groups in total. The fourth-order valence-electron chi connectivity index (χ4n) is 1.85. The summed E-state index contributed by atoms with van der Waals surface area (Å²) in [5, 5.41) is 0. The third-order valence-corrected chi connectivity index (χ3v) is 4.97. The van der Waals surface area contributed by atoms with Crippen molar-refractivity contribution in [3.8, 4) is 0 Å². The van der Waals surface area contributed by atoms with Crippen molar-refractivity contribution in [2.24, 2.45) is 5.92 Å². The monoisotopic (exact) mass is 254 g/mol. The van der Waals surface area contributed by atoms with E-state index in [4.69, 9.17) is 4.74 Å². The lowest BCUT2D eigenvalue weighted by Crippen LogP contribution is -2.33. The topological polar surface area (TPSA) is 43.4 Å². The Balaban J connectivity index is 2.15. The average Bonchev–Trinajstić information content (AvgIpc) is 2.24. The predicted molar refractivity (Wildman–Crippen MR) is 66.9 cm³/mol. The molecule has 0 unspecified atom stereocenters. The molecule has 1 heterocycles. The van der Waals surface area contributed by atoms with Crippen LogP contribution in [0.5, 0.6) is 0 Å². The summed E-state index contributed by atoms with van der Waals surface area (Å²) in [4.78, 5) is 0.425. The summed E-state index contributed by atoms with van der Waals surface area (Å²) in [6.45, 7) is 5.33. The van der Waals surface area contributed by atoms with Gasteiger partial charge in [-0.05, 0) is 23.6 Å². The molecule has 1 aliphatic heterocycles. The minimum Gasteiger partial charge on any atom is -0.381 e. The maximum Gasteiger partial charge on any atom is 0.178 e. The van der Waals surface area contributed by atoms with Crippen LogP contribution in [0.3, 0.4) is 0 Å². The number of hydrogen-bond acceptors (Lipinski definition) is 3. The number of rotatable bonds is 4. The van der Waals surface area contributed by atoms with Gasteiger partial charge in [0.15, 0.2) is 9.84 Å². The molecular weight excluding hydrogens is 236 g/mol. The van der Waals surface area contributed by atoms with Crippen molar-refractivity contribution >= 4 is 9.84 Å². The smallest absolute Gasteiger partial charge is 0.178 e. The van der Waals surface area contributed by atoms with E-state index in [0.717, 1.165) is 5.56 Å². The van der Waals surface area contributed by atoms with Gasteiger partial charge in [-0.3, -0.25) is 0 Å². The third-order valence-electron chi connectivity index (χ3n) is 3.07. The van der Waals surface area contributed by atoms with E-state index in [2.05, 4.69) is 13.8 Å². The second-order valence-electron chi connectivity index (χ2n) is 4.91. The Bertz CT molecular complexity index is 470. The minimum absolute atomic E-state index is 0.171. The Hall–Kier alpha value is -0.870. The largest absolute Gasteiger partial charge is 0.381 e. The van der Waals surface area contributed by atoms with Crippen LogP contribution in [0.1, 0.15) is 25.3 Å². The van der Waals surface area contributed by atoms with Crippen LogP contribution < -0.4 is 0 Å². The van der Waals surface area contributed by atoms with Gasteiger partial charge in [0.2, 0.25) is 0 Å². The Morgan fingerprint density at radius 2 is 1.82 bits per heavy atom. The highest BCUT2D eigenvalue weighted by atomic mass is 32.2. The second-order valence-corrected chi connectivity index (χ2v) is 6.94. The molecule has 1 saturated heterocycles. The molecule has 0 radical (unpaired) electrons. The van der Waals surface area contributed by atoms with E-state index in [-0.39, 0.29) is 11.7 Å². The fraction of sp³-hybridized carbons (Fsp3) is 0.538. The molecule has 1 aliphatic rings. The summed E-state index contributed by atoms with van der Waals surface area (Å²) >= 11 is 0. The van der Waals surface area contributed by atoms with Crippen molar-refractivity contribution in [3.05, 3.63) is 29.8 Å². The van der Waals surface area contributed by atoms with Gasteiger partial charge in [0.25, 0.3) is 0 Å². The SMILES string of the molecule is CC(C)c1ccc(S(=O)(=O)CC2COC2)cc1. The molecule has 0 aromatic heterocycles. The summed E-state index contributed by atoms with van der Waals surface area (Å²) in [5.74, 6) is 0.796. The molecule has 2 rings (SSSR count). The van der Waals surface area contributed by atoms with Crippen LogP contribution in [0.25, 0.3) is 0 Å². The molecule has 94 valence electrons. The van der Waals surface area contributed by atoms with Gasteiger partial charge in [0, 0.05) is 5.92 Å². The number of hydrogen-bond donors (Lipinski definition) is 0. The molecule has 0 atom stereocenters. The maximum absolute atomic E-state index is 12.1. The van der Waals surface area contributed by atoms with E-state index in [1.54, 1.807) is 12.1 Å². The van der Waals surface area contributed by atoms with E-state index in [9.17, 15) is 8.42 Å². The molecular formula is C13H18O3S. The first-order valence-corrected chi connectivity index (χ1v) is 7.55. The van der Waals surface area contributed by atoms with Crippen molar-refractivity contribution < 1.29 is 13.2 Å². The Labute approximate surface area is 103 Å². The van der Waals surface area contributed by atoms with Gasteiger partial charge in [-0.15, -0.1) is 0 Å². The normalized spacial score (nSPS) is 17.1. The second kappa shape index (κ2) is 4.78. The van der Waals surface area contributed by atoms with Crippen LogP contribution >= 0.6 is 0 Å². The summed E-state index contributed by atoms with van der Waals surface area (Å²) in [6, 6.07) is 7.22. The molecule has 0 bridgehead atoms. The maximum atomic E-state index is 12.1. The van der Waals surface area contributed by atoms with Crippen molar-refractivity contribution in [2.75, 3.05) is 19.0 Å². The predicted octanol–water partition coefficient (Wildman–Crippen LogP) is 2.23. The van der Waals surface area contributed by atoms with Crippen LogP contribution in [0.2, 0.25) is 0 Å². The Morgan fingerprint density at radius 1 is 1.24 bits per heavy atom. The third kappa shape index (κ3) is 2.87. The summed E-state index contributed by atoms with van der Waals surface area (Å²) in [6.07, 6.45) is 0. The van der Waals surface area contributed by atoms with Crippen LogP contribution in [-0.2, 0) is 14.6 Å². The molecule has 3 nitrogen and oxygen atoms in total. The lowest BCUT2D eigenvalue weighted by molar-refractivity contribution is -0.0204. The van der Waals surface area contributed by atoms with Crippen molar-refractivity contribution in [1.29, 1.82) is 0 Å². The molecule has 1 aromatic rings. The molecule has 1 fully saturated rings. The molecule has 0 spiro atoms. The van der Waals surface area contributed by atoms with Gasteiger partial charge in [0.1, 0.15) is 0 Å². The van der Waals surface area contributed by atoms with Crippen molar-refractivity contribution in [3.63, 3.8) is 0 Å². The fourth-order valence-corrected chi connectivity index (χ4v) is 3.40. The van der Waals surface area contributed by atoms with Crippen molar-refractivity contribution in [2.45, 2.75) is 24.7 Å². The highest BCUT2D eigenvalue weighted by Gasteiger charge is 2.26. The van der Waals surface area contributed by atoms with E-state index in [1.807, 2.05) is 12.1 Å². The van der Waals surface area contributed by atoms with Crippen LogP contribution in [0, 0.1) is 5.92 Å². The number of ether oxygens (including phenoxy) is 1. The molecule has 0 aliphatic carbocycles.